The summed E-state index contributed by atoms with van der Waals surface area (Å²) >= 11 is 0. The first-order chi connectivity index (χ1) is 9.06. The summed E-state index contributed by atoms with van der Waals surface area (Å²) in [4.78, 5) is 19.5. The van der Waals surface area contributed by atoms with Gasteiger partial charge in [-0.3, -0.25) is 4.98 Å². The topological polar surface area (TPSA) is 63.1 Å². The molecule has 0 saturated heterocycles. The second-order valence-corrected chi connectivity index (χ2v) is 4.83. The number of hydrogen-bond donors (Lipinski definition) is 1. The summed E-state index contributed by atoms with van der Waals surface area (Å²) < 4.78 is 0. The van der Waals surface area contributed by atoms with Gasteiger partial charge < -0.3 is 5.11 Å². The molecule has 0 atom stereocenters. The van der Waals surface area contributed by atoms with Crippen LogP contribution >= 0.6 is 0 Å². The van der Waals surface area contributed by atoms with Crippen molar-refractivity contribution in [1.29, 1.82) is 0 Å². The van der Waals surface area contributed by atoms with Crippen LogP contribution in [0.15, 0.2) is 36.4 Å². The van der Waals surface area contributed by atoms with Gasteiger partial charge in [-0.15, -0.1) is 0 Å². The number of pyridine rings is 2. The molecule has 2 rings (SSSR count). The van der Waals surface area contributed by atoms with Gasteiger partial charge in [0, 0.05) is 5.69 Å². The number of hydrogen-bond acceptors (Lipinski definition) is 3. The van der Waals surface area contributed by atoms with Crippen LogP contribution in [0.2, 0.25) is 0 Å². The lowest BCUT2D eigenvalue weighted by Gasteiger charge is -2.06. The molecule has 4 heteroatoms. The Morgan fingerprint density at radius 1 is 1.11 bits per heavy atom. The summed E-state index contributed by atoms with van der Waals surface area (Å²) in [5.74, 6) is -0.499. The van der Waals surface area contributed by atoms with Crippen LogP contribution in [0.1, 0.15) is 30.0 Å². The highest BCUT2D eigenvalue weighted by molar-refractivity contribution is 5.85. The van der Waals surface area contributed by atoms with E-state index in [9.17, 15) is 4.79 Å². The molecule has 19 heavy (non-hydrogen) atoms. The molecule has 0 spiro atoms. The van der Waals surface area contributed by atoms with Crippen LogP contribution in [0.5, 0.6) is 0 Å². The number of aromatic nitrogens is 2. The van der Waals surface area contributed by atoms with E-state index in [2.05, 4.69) is 23.8 Å². The van der Waals surface area contributed by atoms with E-state index in [0.717, 1.165) is 12.1 Å². The van der Waals surface area contributed by atoms with Gasteiger partial charge in [-0.25, -0.2) is 9.78 Å². The summed E-state index contributed by atoms with van der Waals surface area (Å²) in [5, 5.41) is 8.95. The maximum absolute atomic E-state index is 10.9. The fraction of sp³-hybridized carbons (Fsp3) is 0.267. The lowest BCUT2D eigenvalue weighted by atomic mass is 10.1. The third-order valence-corrected chi connectivity index (χ3v) is 2.65. The minimum atomic E-state index is -1.03. The third-order valence-electron chi connectivity index (χ3n) is 2.65. The first-order valence-electron chi connectivity index (χ1n) is 6.23. The SMILES string of the molecule is CC(C)Cc1cccc(-c2cccc(C(=O)O)n2)n1. The molecule has 0 aliphatic heterocycles. The Kier molecular flexibility index (Phi) is 3.90. The number of nitrogens with zero attached hydrogens (tertiary/aromatic N) is 2. The van der Waals surface area contributed by atoms with Crippen molar-refractivity contribution >= 4 is 5.97 Å². The van der Waals surface area contributed by atoms with E-state index in [1.165, 1.54) is 6.07 Å². The maximum atomic E-state index is 10.9. The zero-order valence-electron chi connectivity index (χ0n) is 11.0. The molecule has 0 saturated carbocycles. The highest BCUT2D eigenvalue weighted by Crippen LogP contribution is 2.16. The monoisotopic (exact) mass is 256 g/mol. The van der Waals surface area contributed by atoms with E-state index in [1.807, 2.05) is 18.2 Å². The first-order valence-corrected chi connectivity index (χ1v) is 6.23. The van der Waals surface area contributed by atoms with E-state index in [1.54, 1.807) is 12.1 Å². The largest absolute Gasteiger partial charge is 0.477 e. The molecule has 0 aliphatic rings. The smallest absolute Gasteiger partial charge is 0.354 e. The van der Waals surface area contributed by atoms with E-state index >= 15 is 0 Å². The summed E-state index contributed by atoms with van der Waals surface area (Å²) in [6.07, 6.45) is 0.895. The minimum absolute atomic E-state index is 0.0357. The van der Waals surface area contributed by atoms with Gasteiger partial charge in [0.1, 0.15) is 5.69 Å². The number of carbonyl (C=O) groups is 1. The van der Waals surface area contributed by atoms with Gasteiger partial charge in [0.25, 0.3) is 0 Å². The van der Waals surface area contributed by atoms with E-state index in [0.29, 0.717) is 17.3 Å². The minimum Gasteiger partial charge on any atom is -0.477 e. The van der Waals surface area contributed by atoms with E-state index in [4.69, 9.17) is 5.11 Å². The van der Waals surface area contributed by atoms with Crippen molar-refractivity contribution in [3.63, 3.8) is 0 Å². The van der Waals surface area contributed by atoms with Crippen LogP contribution < -0.4 is 0 Å². The standard InChI is InChI=1S/C15H16N2O2/c1-10(2)9-11-5-3-6-12(16-11)13-7-4-8-14(17-13)15(18)19/h3-8,10H,9H2,1-2H3,(H,18,19). The van der Waals surface area contributed by atoms with Crippen molar-refractivity contribution in [1.82, 2.24) is 9.97 Å². The van der Waals surface area contributed by atoms with E-state index < -0.39 is 5.97 Å². The Balaban J connectivity index is 2.36. The highest BCUT2D eigenvalue weighted by atomic mass is 16.4. The summed E-state index contributed by atoms with van der Waals surface area (Å²) in [7, 11) is 0. The quantitative estimate of drug-likeness (QED) is 0.913. The summed E-state index contributed by atoms with van der Waals surface area (Å²) in [6, 6.07) is 10.7. The summed E-state index contributed by atoms with van der Waals surface area (Å²) in [5.41, 5.74) is 2.33. The highest BCUT2D eigenvalue weighted by Gasteiger charge is 2.08. The summed E-state index contributed by atoms with van der Waals surface area (Å²) in [6.45, 7) is 4.27. The number of rotatable bonds is 4. The predicted octanol–water partition coefficient (Wildman–Crippen LogP) is 3.04. The third kappa shape index (κ3) is 3.37. The van der Waals surface area contributed by atoms with Crippen molar-refractivity contribution in [3.8, 4) is 11.4 Å². The molecule has 1 N–H and O–H groups in total. The van der Waals surface area contributed by atoms with Gasteiger partial charge in [0.2, 0.25) is 0 Å². The van der Waals surface area contributed by atoms with Crippen molar-refractivity contribution in [2.45, 2.75) is 20.3 Å². The Labute approximate surface area is 112 Å². The van der Waals surface area contributed by atoms with Crippen molar-refractivity contribution < 1.29 is 9.90 Å². The van der Waals surface area contributed by atoms with Crippen LogP contribution in [-0.2, 0) is 6.42 Å². The molecule has 0 amide bonds. The molecular formula is C15H16N2O2. The van der Waals surface area contributed by atoms with Gasteiger partial charge in [-0.2, -0.15) is 0 Å². The molecule has 4 nitrogen and oxygen atoms in total. The number of aromatic carboxylic acids is 1. The van der Waals surface area contributed by atoms with Crippen LogP contribution in [-0.4, -0.2) is 21.0 Å². The molecule has 98 valence electrons. The second-order valence-electron chi connectivity index (χ2n) is 4.83. The lowest BCUT2D eigenvalue weighted by molar-refractivity contribution is 0.0690. The Morgan fingerprint density at radius 2 is 1.74 bits per heavy atom. The maximum Gasteiger partial charge on any atom is 0.354 e. The Bertz CT molecular complexity index is 594. The molecule has 2 aromatic heterocycles. The number of carboxylic acid groups (broad SMARTS) is 1. The molecule has 0 aliphatic carbocycles. The fourth-order valence-corrected chi connectivity index (χ4v) is 1.85. The van der Waals surface area contributed by atoms with Gasteiger partial charge >= 0.3 is 5.97 Å². The van der Waals surface area contributed by atoms with Crippen LogP contribution in [0, 0.1) is 5.92 Å². The predicted molar refractivity (Wildman–Crippen MR) is 73.0 cm³/mol. The average Bonchev–Trinajstić information content (AvgIpc) is 2.38. The molecule has 0 aromatic carbocycles. The Morgan fingerprint density at radius 3 is 2.37 bits per heavy atom. The average molecular weight is 256 g/mol. The number of carboxylic acids is 1. The molecule has 2 aromatic rings. The lowest BCUT2D eigenvalue weighted by Crippen LogP contribution is -2.02. The van der Waals surface area contributed by atoms with E-state index in [-0.39, 0.29) is 5.69 Å². The van der Waals surface area contributed by atoms with Crippen molar-refractivity contribution in [2.24, 2.45) is 5.92 Å². The second kappa shape index (κ2) is 5.61. The molecule has 0 radical (unpaired) electrons. The van der Waals surface area contributed by atoms with Crippen LogP contribution in [0.3, 0.4) is 0 Å². The van der Waals surface area contributed by atoms with Crippen LogP contribution in [0.4, 0.5) is 0 Å². The Hall–Kier alpha value is -2.23. The molecule has 0 bridgehead atoms. The zero-order valence-corrected chi connectivity index (χ0v) is 11.0. The van der Waals surface area contributed by atoms with Gasteiger partial charge in [0.05, 0.1) is 11.4 Å². The van der Waals surface area contributed by atoms with Crippen LogP contribution in [0.25, 0.3) is 11.4 Å². The van der Waals surface area contributed by atoms with Crippen molar-refractivity contribution in [2.75, 3.05) is 0 Å². The molecular weight excluding hydrogens is 240 g/mol. The molecule has 0 fully saturated rings. The first kappa shape index (κ1) is 13.2. The van der Waals surface area contributed by atoms with Gasteiger partial charge in [0.15, 0.2) is 0 Å². The zero-order chi connectivity index (χ0) is 13.8. The molecule has 2 heterocycles. The van der Waals surface area contributed by atoms with Gasteiger partial charge in [-0.1, -0.05) is 26.0 Å². The van der Waals surface area contributed by atoms with Crippen molar-refractivity contribution in [3.05, 3.63) is 47.8 Å². The normalized spacial score (nSPS) is 10.7. The fourth-order valence-electron chi connectivity index (χ4n) is 1.85. The van der Waals surface area contributed by atoms with Gasteiger partial charge in [-0.05, 0) is 36.6 Å². The molecule has 0 unspecified atom stereocenters.